The summed E-state index contributed by atoms with van der Waals surface area (Å²) in [7, 11) is 1.72. The van der Waals surface area contributed by atoms with E-state index in [1.54, 1.807) is 7.11 Å². The highest BCUT2D eigenvalue weighted by Gasteiger charge is 2.16. The SMILES string of the molecule is COCCNc1cccc2ccnc(N3CCNCC3)c12. The number of fused-ring (bicyclic) bond motifs is 1. The van der Waals surface area contributed by atoms with Crippen molar-refractivity contribution in [2.24, 2.45) is 0 Å². The summed E-state index contributed by atoms with van der Waals surface area (Å²) in [5.74, 6) is 1.08. The van der Waals surface area contributed by atoms with E-state index in [9.17, 15) is 0 Å². The van der Waals surface area contributed by atoms with Gasteiger partial charge in [0, 0.05) is 57.1 Å². The van der Waals surface area contributed by atoms with Crippen LogP contribution in [0.15, 0.2) is 30.5 Å². The minimum Gasteiger partial charge on any atom is -0.383 e. The van der Waals surface area contributed by atoms with E-state index in [2.05, 4.69) is 44.8 Å². The van der Waals surface area contributed by atoms with Crippen LogP contribution in [0, 0.1) is 0 Å². The van der Waals surface area contributed by atoms with Gasteiger partial charge in [-0.1, -0.05) is 12.1 Å². The van der Waals surface area contributed by atoms with Crippen LogP contribution in [0.2, 0.25) is 0 Å². The predicted molar refractivity (Wildman–Crippen MR) is 87.2 cm³/mol. The van der Waals surface area contributed by atoms with Gasteiger partial charge in [-0.25, -0.2) is 4.98 Å². The minimum absolute atomic E-state index is 0.694. The molecule has 5 nitrogen and oxygen atoms in total. The summed E-state index contributed by atoms with van der Waals surface area (Å²) in [4.78, 5) is 7.01. The molecule has 1 aliphatic heterocycles. The summed E-state index contributed by atoms with van der Waals surface area (Å²) in [5.41, 5.74) is 1.13. The minimum atomic E-state index is 0.694. The molecule has 3 rings (SSSR count). The molecule has 0 bridgehead atoms. The van der Waals surface area contributed by atoms with Gasteiger partial charge in [0.15, 0.2) is 0 Å². The molecule has 0 radical (unpaired) electrons. The number of benzene rings is 1. The molecule has 2 aromatic rings. The molecule has 0 atom stereocenters. The van der Waals surface area contributed by atoms with Gasteiger partial charge in [-0.3, -0.25) is 0 Å². The fourth-order valence-corrected chi connectivity index (χ4v) is 2.76. The topological polar surface area (TPSA) is 49.4 Å². The first-order valence-corrected chi connectivity index (χ1v) is 7.46. The lowest BCUT2D eigenvalue weighted by Gasteiger charge is -2.29. The zero-order valence-corrected chi connectivity index (χ0v) is 12.4. The Kier molecular flexibility index (Phi) is 4.52. The number of rotatable bonds is 5. The van der Waals surface area contributed by atoms with E-state index in [1.165, 1.54) is 10.8 Å². The van der Waals surface area contributed by atoms with Crippen LogP contribution in [-0.2, 0) is 4.74 Å². The molecular weight excluding hydrogens is 264 g/mol. The van der Waals surface area contributed by atoms with Crippen molar-refractivity contribution in [2.75, 3.05) is 56.7 Å². The highest BCUT2D eigenvalue weighted by Crippen LogP contribution is 2.31. The Morgan fingerprint density at radius 1 is 1.29 bits per heavy atom. The smallest absolute Gasteiger partial charge is 0.138 e. The van der Waals surface area contributed by atoms with Gasteiger partial charge in [0.25, 0.3) is 0 Å². The number of pyridine rings is 1. The quantitative estimate of drug-likeness (QED) is 0.819. The van der Waals surface area contributed by atoms with E-state index in [0.717, 1.165) is 44.2 Å². The fourth-order valence-electron chi connectivity index (χ4n) is 2.76. The van der Waals surface area contributed by atoms with Gasteiger partial charge in [-0.05, 0) is 17.5 Å². The maximum Gasteiger partial charge on any atom is 0.138 e. The van der Waals surface area contributed by atoms with Crippen LogP contribution in [0.4, 0.5) is 11.5 Å². The molecular formula is C16H22N4O. The number of aromatic nitrogens is 1. The second-order valence-corrected chi connectivity index (χ2v) is 5.19. The van der Waals surface area contributed by atoms with Crippen LogP contribution >= 0.6 is 0 Å². The van der Waals surface area contributed by atoms with Crippen LogP contribution in [0.25, 0.3) is 10.8 Å². The lowest BCUT2D eigenvalue weighted by atomic mass is 10.1. The Labute approximate surface area is 125 Å². The van der Waals surface area contributed by atoms with Crippen molar-refractivity contribution in [3.63, 3.8) is 0 Å². The Morgan fingerprint density at radius 2 is 2.14 bits per heavy atom. The average molecular weight is 286 g/mol. The summed E-state index contributed by atoms with van der Waals surface area (Å²) in [5, 5.41) is 9.28. The third kappa shape index (κ3) is 3.09. The molecule has 1 aromatic carbocycles. The molecule has 0 amide bonds. The molecule has 1 aliphatic rings. The Balaban J connectivity index is 1.98. The number of ether oxygens (including phenoxy) is 1. The first kappa shape index (κ1) is 14.1. The molecule has 2 heterocycles. The number of anilines is 2. The Hall–Kier alpha value is -1.85. The molecule has 0 unspecified atom stereocenters. The standard InChI is InChI=1S/C16H22N4O/c1-21-12-9-18-14-4-2-3-13-5-6-19-16(15(13)14)20-10-7-17-8-11-20/h2-6,17-18H,7-12H2,1H3. The number of nitrogens with zero attached hydrogens (tertiary/aromatic N) is 2. The molecule has 0 aliphatic carbocycles. The van der Waals surface area contributed by atoms with Crippen molar-refractivity contribution >= 4 is 22.3 Å². The third-order valence-corrected chi connectivity index (χ3v) is 3.81. The first-order valence-electron chi connectivity index (χ1n) is 7.46. The lowest BCUT2D eigenvalue weighted by Crippen LogP contribution is -2.44. The molecule has 21 heavy (non-hydrogen) atoms. The van der Waals surface area contributed by atoms with Gasteiger partial charge >= 0.3 is 0 Å². The van der Waals surface area contributed by atoms with Crippen LogP contribution < -0.4 is 15.5 Å². The van der Waals surface area contributed by atoms with Gasteiger partial charge in [-0.2, -0.15) is 0 Å². The van der Waals surface area contributed by atoms with E-state index in [0.29, 0.717) is 6.61 Å². The zero-order chi connectivity index (χ0) is 14.5. The van der Waals surface area contributed by atoms with Gasteiger partial charge in [0.1, 0.15) is 5.82 Å². The van der Waals surface area contributed by atoms with E-state index in [1.807, 2.05) is 6.20 Å². The fraction of sp³-hybridized carbons (Fsp3) is 0.438. The number of hydrogen-bond donors (Lipinski definition) is 2. The van der Waals surface area contributed by atoms with E-state index >= 15 is 0 Å². The first-order chi connectivity index (χ1) is 10.4. The van der Waals surface area contributed by atoms with E-state index in [4.69, 9.17) is 4.74 Å². The van der Waals surface area contributed by atoms with Crippen molar-refractivity contribution in [2.45, 2.75) is 0 Å². The van der Waals surface area contributed by atoms with Crippen LogP contribution in [0.5, 0.6) is 0 Å². The monoisotopic (exact) mass is 286 g/mol. The highest BCUT2D eigenvalue weighted by molar-refractivity contribution is 6.01. The maximum absolute atomic E-state index is 5.13. The van der Waals surface area contributed by atoms with Crippen LogP contribution in [0.1, 0.15) is 0 Å². The van der Waals surface area contributed by atoms with E-state index in [-0.39, 0.29) is 0 Å². The Bertz CT molecular complexity index is 591. The summed E-state index contributed by atoms with van der Waals surface area (Å²) in [6.07, 6.45) is 1.90. The van der Waals surface area contributed by atoms with E-state index < -0.39 is 0 Å². The molecule has 1 aromatic heterocycles. The average Bonchev–Trinajstić information content (AvgIpc) is 2.55. The molecule has 0 saturated carbocycles. The normalized spacial score (nSPS) is 15.4. The summed E-state index contributed by atoms with van der Waals surface area (Å²) in [6, 6.07) is 8.41. The lowest BCUT2D eigenvalue weighted by molar-refractivity contribution is 0.211. The predicted octanol–water partition coefficient (Wildman–Crippen LogP) is 1.70. The number of methoxy groups -OCH3 is 1. The Morgan fingerprint density at radius 3 is 2.95 bits per heavy atom. The van der Waals surface area contributed by atoms with Gasteiger partial charge in [0.05, 0.1) is 6.61 Å². The maximum atomic E-state index is 5.13. The van der Waals surface area contributed by atoms with Crippen LogP contribution in [0.3, 0.4) is 0 Å². The summed E-state index contributed by atoms with van der Waals surface area (Å²) in [6.45, 7) is 5.51. The van der Waals surface area contributed by atoms with Crippen molar-refractivity contribution in [1.82, 2.24) is 10.3 Å². The molecule has 2 N–H and O–H groups in total. The van der Waals surface area contributed by atoms with Gasteiger partial charge in [0.2, 0.25) is 0 Å². The number of piperazine rings is 1. The number of nitrogens with one attached hydrogen (secondary N) is 2. The van der Waals surface area contributed by atoms with Crippen LogP contribution in [-0.4, -0.2) is 51.4 Å². The zero-order valence-electron chi connectivity index (χ0n) is 12.4. The van der Waals surface area contributed by atoms with Crippen molar-refractivity contribution in [1.29, 1.82) is 0 Å². The van der Waals surface area contributed by atoms with Gasteiger partial charge < -0.3 is 20.3 Å². The second kappa shape index (κ2) is 6.74. The molecule has 1 fully saturated rings. The summed E-state index contributed by atoms with van der Waals surface area (Å²) >= 11 is 0. The molecule has 5 heteroatoms. The molecule has 112 valence electrons. The van der Waals surface area contributed by atoms with Crippen molar-refractivity contribution < 1.29 is 4.74 Å². The largest absolute Gasteiger partial charge is 0.383 e. The van der Waals surface area contributed by atoms with Gasteiger partial charge in [-0.15, -0.1) is 0 Å². The molecule has 0 spiro atoms. The van der Waals surface area contributed by atoms with Crippen molar-refractivity contribution in [3.8, 4) is 0 Å². The third-order valence-electron chi connectivity index (χ3n) is 3.81. The molecule has 1 saturated heterocycles. The highest BCUT2D eigenvalue weighted by atomic mass is 16.5. The van der Waals surface area contributed by atoms with Crippen molar-refractivity contribution in [3.05, 3.63) is 30.5 Å². The summed E-state index contributed by atoms with van der Waals surface area (Å²) < 4.78 is 5.13. The number of hydrogen-bond acceptors (Lipinski definition) is 5. The second-order valence-electron chi connectivity index (χ2n) is 5.19.